The van der Waals surface area contributed by atoms with E-state index in [9.17, 15) is 4.79 Å². The molecular formula is C14H18N2O2S. The first-order valence-electron chi connectivity index (χ1n) is 6.68. The summed E-state index contributed by atoms with van der Waals surface area (Å²) in [6.45, 7) is 1.75. The van der Waals surface area contributed by atoms with Crippen LogP contribution >= 0.6 is 11.8 Å². The highest BCUT2D eigenvalue weighted by atomic mass is 32.2. The number of carbonyl (C=O) groups excluding carboxylic acids is 1. The predicted molar refractivity (Wildman–Crippen MR) is 79.1 cm³/mol. The highest BCUT2D eigenvalue weighted by Gasteiger charge is 2.23. The number of ether oxygens (including phenoxy) is 1. The van der Waals surface area contributed by atoms with Gasteiger partial charge in [-0.3, -0.25) is 4.79 Å². The lowest BCUT2D eigenvalue weighted by atomic mass is 10.1. The number of rotatable bonds is 2. The molecule has 0 saturated carbocycles. The zero-order valence-electron chi connectivity index (χ0n) is 10.9. The van der Waals surface area contributed by atoms with E-state index in [2.05, 4.69) is 10.6 Å². The third-order valence-electron chi connectivity index (χ3n) is 3.44. The molecule has 4 nitrogen and oxygen atoms in total. The molecule has 0 aromatic heterocycles. The lowest BCUT2D eigenvalue weighted by Crippen LogP contribution is -2.34. The van der Waals surface area contributed by atoms with Gasteiger partial charge in [0.2, 0.25) is 0 Å². The van der Waals surface area contributed by atoms with E-state index in [1.165, 1.54) is 18.6 Å². The van der Waals surface area contributed by atoms with Gasteiger partial charge in [-0.25, -0.2) is 0 Å². The molecule has 1 amide bonds. The van der Waals surface area contributed by atoms with Gasteiger partial charge in [0.25, 0.3) is 5.91 Å². The summed E-state index contributed by atoms with van der Waals surface area (Å²) in [6.07, 6.45) is 2.07. The van der Waals surface area contributed by atoms with Crippen LogP contribution in [-0.2, 0) is 4.79 Å². The summed E-state index contributed by atoms with van der Waals surface area (Å²) in [7, 11) is 0. The molecule has 0 bridgehead atoms. The van der Waals surface area contributed by atoms with Gasteiger partial charge in [-0.1, -0.05) is 0 Å². The molecule has 3 rings (SSSR count). The summed E-state index contributed by atoms with van der Waals surface area (Å²) < 4.78 is 5.55. The van der Waals surface area contributed by atoms with Crippen LogP contribution in [0.1, 0.15) is 19.8 Å². The Balaban J connectivity index is 1.74. The van der Waals surface area contributed by atoms with Crippen molar-refractivity contribution in [3.05, 3.63) is 18.2 Å². The SMILES string of the molecule is CC1Oc2ccc(NC3CCCSC3)cc2NC1=O. The highest BCUT2D eigenvalue weighted by Crippen LogP contribution is 2.33. The molecule has 102 valence electrons. The van der Waals surface area contributed by atoms with Gasteiger partial charge in [-0.2, -0.15) is 11.8 Å². The maximum atomic E-state index is 11.6. The normalized spacial score (nSPS) is 26.1. The Kier molecular flexibility index (Phi) is 3.55. The fourth-order valence-electron chi connectivity index (χ4n) is 2.39. The van der Waals surface area contributed by atoms with Crippen molar-refractivity contribution in [1.29, 1.82) is 0 Å². The largest absolute Gasteiger partial charge is 0.479 e. The second-order valence-corrected chi connectivity index (χ2v) is 6.17. The Morgan fingerprint density at radius 2 is 2.37 bits per heavy atom. The minimum absolute atomic E-state index is 0.0853. The molecule has 2 atom stereocenters. The van der Waals surface area contributed by atoms with Crippen LogP contribution in [0, 0.1) is 0 Å². The summed E-state index contributed by atoms with van der Waals surface area (Å²) in [4.78, 5) is 11.6. The molecule has 2 aliphatic heterocycles. The molecule has 0 aliphatic carbocycles. The average molecular weight is 278 g/mol. The van der Waals surface area contributed by atoms with Crippen LogP contribution in [0.15, 0.2) is 18.2 Å². The number of benzene rings is 1. The van der Waals surface area contributed by atoms with E-state index in [1.54, 1.807) is 6.92 Å². The Bertz CT molecular complexity index is 486. The van der Waals surface area contributed by atoms with Crippen LogP contribution in [0.4, 0.5) is 11.4 Å². The fourth-order valence-corrected chi connectivity index (χ4v) is 3.46. The fraction of sp³-hybridized carbons (Fsp3) is 0.500. The van der Waals surface area contributed by atoms with E-state index >= 15 is 0 Å². The maximum absolute atomic E-state index is 11.6. The third-order valence-corrected chi connectivity index (χ3v) is 4.66. The van der Waals surface area contributed by atoms with Crippen molar-refractivity contribution < 1.29 is 9.53 Å². The van der Waals surface area contributed by atoms with Crippen LogP contribution in [0.5, 0.6) is 5.75 Å². The standard InChI is InChI=1S/C14H18N2O2S/c1-9-14(17)16-12-7-10(4-5-13(12)18-9)15-11-3-2-6-19-8-11/h4-5,7,9,11,15H,2-3,6,8H2,1H3,(H,16,17). The minimum atomic E-state index is -0.416. The molecule has 2 aliphatic rings. The van der Waals surface area contributed by atoms with Crippen LogP contribution in [0.25, 0.3) is 0 Å². The second kappa shape index (κ2) is 5.33. The van der Waals surface area contributed by atoms with Gasteiger partial charge < -0.3 is 15.4 Å². The first-order valence-corrected chi connectivity index (χ1v) is 7.84. The number of carbonyl (C=O) groups is 1. The van der Waals surface area contributed by atoms with E-state index in [1.807, 2.05) is 30.0 Å². The lowest BCUT2D eigenvalue weighted by Gasteiger charge is -2.26. The molecule has 0 spiro atoms. The van der Waals surface area contributed by atoms with Crippen molar-refractivity contribution in [3.63, 3.8) is 0 Å². The van der Waals surface area contributed by atoms with E-state index in [-0.39, 0.29) is 5.91 Å². The second-order valence-electron chi connectivity index (χ2n) is 5.02. The van der Waals surface area contributed by atoms with Crippen molar-refractivity contribution in [2.75, 3.05) is 22.1 Å². The van der Waals surface area contributed by atoms with Gasteiger partial charge in [-0.05, 0) is 43.7 Å². The highest BCUT2D eigenvalue weighted by molar-refractivity contribution is 7.99. The maximum Gasteiger partial charge on any atom is 0.265 e. The topological polar surface area (TPSA) is 50.4 Å². The molecular weight excluding hydrogens is 260 g/mol. The first-order chi connectivity index (χ1) is 9.22. The third kappa shape index (κ3) is 2.81. The number of thioether (sulfide) groups is 1. The Labute approximate surface area is 117 Å². The Hall–Kier alpha value is -1.36. The summed E-state index contributed by atoms with van der Waals surface area (Å²) in [6, 6.07) is 6.42. The van der Waals surface area contributed by atoms with Crippen LogP contribution in [-0.4, -0.2) is 29.6 Å². The van der Waals surface area contributed by atoms with Crippen LogP contribution in [0.3, 0.4) is 0 Å². The van der Waals surface area contributed by atoms with Crippen molar-refractivity contribution >= 4 is 29.0 Å². The monoisotopic (exact) mass is 278 g/mol. The van der Waals surface area contributed by atoms with Gasteiger partial charge in [0.15, 0.2) is 6.10 Å². The Morgan fingerprint density at radius 1 is 1.47 bits per heavy atom. The molecule has 2 unspecified atom stereocenters. The Morgan fingerprint density at radius 3 is 3.16 bits per heavy atom. The van der Waals surface area contributed by atoms with Gasteiger partial charge in [-0.15, -0.1) is 0 Å². The molecule has 1 aromatic rings. The lowest BCUT2D eigenvalue weighted by molar-refractivity contribution is -0.122. The quantitative estimate of drug-likeness (QED) is 0.873. The van der Waals surface area contributed by atoms with E-state index in [0.29, 0.717) is 6.04 Å². The summed E-state index contributed by atoms with van der Waals surface area (Å²) in [5, 5.41) is 6.41. The zero-order valence-corrected chi connectivity index (χ0v) is 11.8. The number of fused-ring (bicyclic) bond motifs is 1. The summed E-state index contributed by atoms with van der Waals surface area (Å²) in [5.41, 5.74) is 1.81. The summed E-state index contributed by atoms with van der Waals surface area (Å²) in [5.74, 6) is 3.08. The zero-order chi connectivity index (χ0) is 13.2. The van der Waals surface area contributed by atoms with Crippen molar-refractivity contribution in [2.45, 2.75) is 31.9 Å². The number of hydrogen-bond acceptors (Lipinski definition) is 4. The van der Waals surface area contributed by atoms with Crippen molar-refractivity contribution in [1.82, 2.24) is 0 Å². The van der Waals surface area contributed by atoms with Crippen molar-refractivity contribution in [3.8, 4) is 5.75 Å². The first kappa shape index (κ1) is 12.7. The van der Waals surface area contributed by atoms with Gasteiger partial charge >= 0.3 is 0 Å². The molecule has 1 saturated heterocycles. The molecule has 1 aromatic carbocycles. The van der Waals surface area contributed by atoms with Crippen molar-refractivity contribution in [2.24, 2.45) is 0 Å². The average Bonchev–Trinajstić information content (AvgIpc) is 2.42. The molecule has 0 radical (unpaired) electrons. The predicted octanol–water partition coefficient (Wildman–Crippen LogP) is 2.71. The van der Waals surface area contributed by atoms with Gasteiger partial charge in [0.1, 0.15) is 5.75 Å². The molecule has 5 heteroatoms. The van der Waals surface area contributed by atoms with E-state index < -0.39 is 6.10 Å². The molecule has 19 heavy (non-hydrogen) atoms. The number of anilines is 2. The smallest absolute Gasteiger partial charge is 0.265 e. The summed E-state index contributed by atoms with van der Waals surface area (Å²) >= 11 is 1.99. The van der Waals surface area contributed by atoms with Crippen LogP contribution < -0.4 is 15.4 Å². The van der Waals surface area contributed by atoms with E-state index in [0.717, 1.165) is 22.9 Å². The number of hydrogen-bond donors (Lipinski definition) is 2. The van der Waals surface area contributed by atoms with Crippen LogP contribution in [0.2, 0.25) is 0 Å². The van der Waals surface area contributed by atoms with Gasteiger partial charge in [0, 0.05) is 17.5 Å². The molecule has 2 N–H and O–H groups in total. The molecule has 2 heterocycles. The number of amides is 1. The molecule has 1 fully saturated rings. The minimum Gasteiger partial charge on any atom is -0.479 e. The number of nitrogens with one attached hydrogen (secondary N) is 2. The van der Waals surface area contributed by atoms with E-state index in [4.69, 9.17) is 4.74 Å². The van der Waals surface area contributed by atoms with Gasteiger partial charge in [0.05, 0.1) is 5.69 Å².